The maximum absolute atomic E-state index is 12.8. The number of nitrogens with zero attached hydrogens (tertiary/aromatic N) is 2. The molecule has 0 aromatic carbocycles. The van der Waals surface area contributed by atoms with Crippen LogP contribution in [0.5, 0.6) is 0 Å². The van der Waals surface area contributed by atoms with Gasteiger partial charge in [0.15, 0.2) is 0 Å². The maximum Gasteiger partial charge on any atom is 0.282 e. The molecule has 2 unspecified atom stereocenters. The van der Waals surface area contributed by atoms with E-state index in [1.165, 1.54) is 0 Å². The van der Waals surface area contributed by atoms with Gasteiger partial charge in [-0.2, -0.15) is 17.0 Å². The lowest BCUT2D eigenvalue weighted by atomic mass is 9.96. The molecule has 2 saturated heterocycles. The molecular formula is C14H24N2O3S. The molecule has 2 atom stereocenters. The van der Waals surface area contributed by atoms with Crippen LogP contribution in [0.3, 0.4) is 0 Å². The van der Waals surface area contributed by atoms with Gasteiger partial charge >= 0.3 is 0 Å². The van der Waals surface area contributed by atoms with Crippen molar-refractivity contribution in [1.29, 1.82) is 0 Å². The fourth-order valence-corrected chi connectivity index (χ4v) is 5.92. The first-order chi connectivity index (χ1) is 9.60. The Morgan fingerprint density at radius 1 is 0.900 bits per heavy atom. The monoisotopic (exact) mass is 300 g/mol. The zero-order valence-electron chi connectivity index (χ0n) is 12.0. The zero-order valence-corrected chi connectivity index (χ0v) is 12.8. The van der Waals surface area contributed by atoms with E-state index >= 15 is 0 Å². The minimum absolute atomic E-state index is 0.0444. The predicted octanol–water partition coefficient (Wildman–Crippen LogP) is 1.55. The molecule has 3 fully saturated rings. The summed E-state index contributed by atoms with van der Waals surface area (Å²) < 4.78 is 28.9. The lowest BCUT2D eigenvalue weighted by Crippen LogP contribution is -2.50. The van der Waals surface area contributed by atoms with Gasteiger partial charge in [-0.3, -0.25) is 4.79 Å². The Balaban J connectivity index is 1.78. The second kappa shape index (κ2) is 5.73. The van der Waals surface area contributed by atoms with Crippen molar-refractivity contribution in [2.75, 3.05) is 19.6 Å². The summed E-state index contributed by atoms with van der Waals surface area (Å²) in [6.07, 6.45) is 7.22. The summed E-state index contributed by atoms with van der Waals surface area (Å²) in [6.45, 7) is 1.88. The van der Waals surface area contributed by atoms with Gasteiger partial charge in [-0.1, -0.05) is 6.42 Å². The highest BCUT2D eigenvalue weighted by molar-refractivity contribution is 7.86. The first-order valence-electron chi connectivity index (χ1n) is 7.90. The van der Waals surface area contributed by atoms with Crippen LogP contribution in [0.2, 0.25) is 0 Å². The van der Waals surface area contributed by atoms with Crippen LogP contribution in [0.4, 0.5) is 0 Å². The Morgan fingerprint density at radius 3 is 2.30 bits per heavy atom. The average Bonchev–Trinajstić information content (AvgIpc) is 3.08. The number of Topliss-reactive ketones (excluding diaryl/α,β-unsaturated/α-hetero) is 1. The van der Waals surface area contributed by atoms with E-state index in [2.05, 4.69) is 0 Å². The Bertz CT molecular complexity index is 471. The van der Waals surface area contributed by atoms with E-state index in [9.17, 15) is 13.2 Å². The number of hydrogen-bond donors (Lipinski definition) is 0. The van der Waals surface area contributed by atoms with E-state index < -0.39 is 10.2 Å². The van der Waals surface area contributed by atoms with Crippen molar-refractivity contribution in [3.63, 3.8) is 0 Å². The van der Waals surface area contributed by atoms with E-state index in [4.69, 9.17) is 0 Å². The molecule has 6 heteroatoms. The van der Waals surface area contributed by atoms with Crippen LogP contribution < -0.4 is 0 Å². The van der Waals surface area contributed by atoms with E-state index in [1.807, 2.05) is 0 Å². The second-order valence-electron chi connectivity index (χ2n) is 6.25. The first kappa shape index (κ1) is 14.5. The molecule has 2 aliphatic heterocycles. The number of hydrogen-bond acceptors (Lipinski definition) is 3. The quantitative estimate of drug-likeness (QED) is 0.794. The summed E-state index contributed by atoms with van der Waals surface area (Å²) in [5.41, 5.74) is 0. The summed E-state index contributed by atoms with van der Waals surface area (Å²) in [5, 5.41) is 0. The maximum atomic E-state index is 12.8. The summed E-state index contributed by atoms with van der Waals surface area (Å²) in [7, 11) is -3.36. The third-order valence-electron chi connectivity index (χ3n) is 5.00. The molecule has 0 N–H and O–H groups in total. The highest BCUT2D eigenvalue weighted by Crippen LogP contribution is 2.35. The lowest BCUT2D eigenvalue weighted by molar-refractivity contribution is -0.121. The third-order valence-corrected chi connectivity index (χ3v) is 7.07. The molecule has 20 heavy (non-hydrogen) atoms. The van der Waals surface area contributed by atoms with Crippen LogP contribution in [0.25, 0.3) is 0 Å². The van der Waals surface area contributed by atoms with Crippen LogP contribution in [0.1, 0.15) is 51.4 Å². The molecule has 3 aliphatic rings. The summed E-state index contributed by atoms with van der Waals surface area (Å²) in [6, 6.07) is -0.0723. The number of carbonyl (C=O) groups is 1. The SMILES string of the molecule is O=C1CCCC1C1CCCN1S(=O)(=O)N1CCCCC1. The summed E-state index contributed by atoms with van der Waals surface area (Å²) in [4.78, 5) is 12.0. The van der Waals surface area contributed by atoms with E-state index in [1.54, 1.807) is 8.61 Å². The Kier molecular flexibility index (Phi) is 4.15. The number of carbonyl (C=O) groups excluding carboxylic acids is 1. The molecule has 5 nitrogen and oxygen atoms in total. The normalized spacial score (nSPS) is 33.9. The predicted molar refractivity (Wildman–Crippen MR) is 76.4 cm³/mol. The molecule has 0 radical (unpaired) electrons. The first-order valence-corrected chi connectivity index (χ1v) is 9.30. The fourth-order valence-electron chi connectivity index (χ4n) is 3.95. The summed E-state index contributed by atoms with van der Waals surface area (Å²) in [5.74, 6) is 0.229. The Hall–Kier alpha value is -0.460. The fraction of sp³-hybridized carbons (Fsp3) is 0.929. The molecule has 0 spiro atoms. The zero-order chi connectivity index (χ0) is 14.2. The topological polar surface area (TPSA) is 57.7 Å². The number of piperidine rings is 1. The highest BCUT2D eigenvalue weighted by Gasteiger charge is 2.44. The van der Waals surface area contributed by atoms with Gasteiger partial charge in [-0.15, -0.1) is 0 Å². The van der Waals surface area contributed by atoms with E-state index in [0.29, 0.717) is 26.1 Å². The minimum atomic E-state index is -3.36. The van der Waals surface area contributed by atoms with Crippen molar-refractivity contribution in [3.8, 4) is 0 Å². The smallest absolute Gasteiger partial charge is 0.282 e. The van der Waals surface area contributed by atoms with Crippen molar-refractivity contribution in [1.82, 2.24) is 8.61 Å². The lowest BCUT2D eigenvalue weighted by Gasteiger charge is -2.34. The minimum Gasteiger partial charge on any atom is -0.299 e. The van der Waals surface area contributed by atoms with Crippen LogP contribution in [0, 0.1) is 5.92 Å². The van der Waals surface area contributed by atoms with Crippen LogP contribution >= 0.6 is 0 Å². The second-order valence-corrected chi connectivity index (χ2v) is 8.13. The standard InChI is InChI=1S/C14H24N2O3S/c17-14-8-4-6-12(14)13-7-5-11-16(13)20(18,19)15-9-2-1-3-10-15/h12-13H,1-11H2. The molecule has 0 bridgehead atoms. The molecule has 0 amide bonds. The van der Waals surface area contributed by atoms with Crippen molar-refractivity contribution in [3.05, 3.63) is 0 Å². The van der Waals surface area contributed by atoms with Gasteiger partial charge in [0.2, 0.25) is 0 Å². The largest absolute Gasteiger partial charge is 0.299 e. The van der Waals surface area contributed by atoms with Gasteiger partial charge in [0.25, 0.3) is 10.2 Å². The van der Waals surface area contributed by atoms with Gasteiger partial charge in [-0.05, 0) is 38.5 Å². The van der Waals surface area contributed by atoms with Crippen LogP contribution in [0.15, 0.2) is 0 Å². The molecule has 1 aliphatic carbocycles. The number of ketones is 1. The molecule has 0 aromatic rings. The van der Waals surface area contributed by atoms with Crippen molar-refractivity contribution in [2.45, 2.75) is 57.4 Å². The van der Waals surface area contributed by atoms with Crippen molar-refractivity contribution >= 4 is 16.0 Å². The van der Waals surface area contributed by atoms with E-state index in [-0.39, 0.29) is 17.7 Å². The summed E-state index contributed by atoms with van der Waals surface area (Å²) >= 11 is 0. The van der Waals surface area contributed by atoms with Gasteiger partial charge < -0.3 is 0 Å². The van der Waals surface area contributed by atoms with E-state index in [0.717, 1.165) is 44.9 Å². The van der Waals surface area contributed by atoms with Gasteiger partial charge in [-0.25, -0.2) is 0 Å². The number of rotatable bonds is 3. The Labute approximate surface area is 121 Å². The molecule has 3 rings (SSSR count). The Morgan fingerprint density at radius 2 is 1.65 bits per heavy atom. The molecule has 114 valence electrons. The van der Waals surface area contributed by atoms with Crippen molar-refractivity contribution in [2.24, 2.45) is 5.92 Å². The van der Waals surface area contributed by atoms with Crippen molar-refractivity contribution < 1.29 is 13.2 Å². The third kappa shape index (κ3) is 2.53. The molecule has 0 aromatic heterocycles. The molecular weight excluding hydrogens is 276 g/mol. The average molecular weight is 300 g/mol. The molecule has 1 saturated carbocycles. The van der Waals surface area contributed by atoms with Gasteiger partial charge in [0, 0.05) is 38.0 Å². The van der Waals surface area contributed by atoms with Gasteiger partial charge in [0.05, 0.1) is 0 Å². The van der Waals surface area contributed by atoms with Crippen LogP contribution in [-0.2, 0) is 15.0 Å². The molecule has 2 heterocycles. The highest BCUT2D eigenvalue weighted by atomic mass is 32.2. The van der Waals surface area contributed by atoms with Crippen LogP contribution in [-0.4, -0.2) is 48.5 Å². The van der Waals surface area contributed by atoms with Gasteiger partial charge in [0.1, 0.15) is 5.78 Å².